The van der Waals surface area contributed by atoms with Crippen molar-refractivity contribution in [1.82, 2.24) is 14.9 Å². The Bertz CT molecular complexity index is 1330. The molecular weight excluding hydrogens is 435 g/mol. The smallest absolute Gasteiger partial charge is 0.437 e. The third kappa shape index (κ3) is 5.21. The standard InChI is InChI=1S/C22H17FN4O6/c1-13-11-17(26-33-13)24-20(29)19(14-5-3-2-4-6-14)31-18(28)12-27-22(30)32-21(25-27)15-7-9-16(23)10-8-15/h2-11,19H,12H2,1H3,(H,24,26,29). The molecule has 0 bridgehead atoms. The van der Waals surface area contributed by atoms with Crippen molar-refractivity contribution in [3.63, 3.8) is 0 Å². The van der Waals surface area contributed by atoms with Gasteiger partial charge in [-0.15, -0.1) is 5.10 Å². The number of carbonyl (C=O) groups excluding carboxylic acids is 2. The molecule has 0 saturated carbocycles. The maximum absolute atomic E-state index is 13.1. The van der Waals surface area contributed by atoms with Gasteiger partial charge in [0.1, 0.15) is 18.1 Å². The van der Waals surface area contributed by atoms with Gasteiger partial charge in [0.2, 0.25) is 12.0 Å². The number of esters is 1. The summed E-state index contributed by atoms with van der Waals surface area (Å²) in [7, 11) is 0. The van der Waals surface area contributed by atoms with Gasteiger partial charge in [-0.25, -0.2) is 9.18 Å². The van der Waals surface area contributed by atoms with Gasteiger partial charge in [-0.05, 0) is 31.2 Å². The van der Waals surface area contributed by atoms with Gasteiger partial charge in [-0.3, -0.25) is 9.59 Å². The summed E-state index contributed by atoms with van der Waals surface area (Å²) in [6.45, 7) is 1.05. The lowest BCUT2D eigenvalue weighted by Crippen LogP contribution is -2.29. The maximum atomic E-state index is 13.1. The Balaban J connectivity index is 1.51. The average molecular weight is 452 g/mol. The molecule has 2 heterocycles. The van der Waals surface area contributed by atoms with E-state index in [1.165, 1.54) is 30.3 Å². The van der Waals surface area contributed by atoms with Gasteiger partial charge in [0.25, 0.3) is 5.91 Å². The highest BCUT2D eigenvalue weighted by Crippen LogP contribution is 2.21. The monoisotopic (exact) mass is 452 g/mol. The number of nitrogens with one attached hydrogen (secondary N) is 1. The SMILES string of the molecule is Cc1cc(NC(=O)C(OC(=O)Cn2nc(-c3ccc(F)cc3)oc2=O)c2ccccc2)no1. The van der Waals surface area contributed by atoms with E-state index < -0.39 is 36.1 Å². The number of amides is 1. The van der Waals surface area contributed by atoms with Crippen molar-refractivity contribution in [1.29, 1.82) is 0 Å². The van der Waals surface area contributed by atoms with Crippen LogP contribution in [-0.2, 0) is 20.9 Å². The van der Waals surface area contributed by atoms with Crippen LogP contribution in [0.15, 0.2) is 74.4 Å². The van der Waals surface area contributed by atoms with Crippen LogP contribution in [0.1, 0.15) is 17.4 Å². The molecule has 0 spiro atoms. The molecule has 2 aromatic carbocycles. The highest BCUT2D eigenvalue weighted by molar-refractivity contribution is 5.95. The zero-order chi connectivity index (χ0) is 23.4. The quantitative estimate of drug-likeness (QED) is 0.424. The summed E-state index contributed by atoms with van der Waals surface area (Å²) in [4.78, 5) is 37.5. The molecule has 4 rings (SSSR count). The highest BCUT2D eigenvalue weighted by Gasteiger charge is 2.27. The van der Waals surface area contributed by atoms with E-state index >= 15 is 0 Å². The summed E-state index contributed by atoms with van der Waals surface area (Å²) >= 11 is 0. The lowest BCUT2D eigenvalue weighted by atomic mass is 10.1. The number of rotatable bonds is 7. The van der Waals surface area contributed by atoms with Gasteiger partial charge in [0.15, 0.2) is 5.82 Å². The van der Waals surface area contributed by atoms with Crippen LogP contribution in [0.5, 0.6) is 0 Å². The van der Waals surface area contributed by atoms with Crippen LogP contribution in [0, 0.1) is 12.7 Å². The largest absolute Gasteiger partial charge is 0.446 e. The second kappa shape index (κ2) is 9.30. The number of carbonyl (C=O) groups is 2. The number of hydrogen-bond donors (Lipinski definition) is 1. The van der Waals surface area contributed by atoms with Crippen LogP contribution in [-0.4, -0.2) is 26.8 Å². The van der Waals surface area contributed by atoms with Gasteiger partial charge < -0.3 is 19.0 Å². The predicted octanol–water partition coefficient (Wildman–Crippen LogP) is 2.86. The van der Waals surface area contributed by atoms with Crippen LogP contribution in [0.2, 0.25) is 0 Å². The van der Waals surface area contributed by atoms with Crippen LogP contribution in [0.4, 0.5) is 10.2 Å². The first-order valence-corrected chi connectivity index (χ1v) is 9.71. The molecule has 33 heavy (non-hydrogen) atoms. The van der Waals surface area contributed by atoms with Crippen LogP contribution in [0.25, 0.3) is 11.5 Å². The average Bonchev–Trinajstić information content (AvgIpc) is 3.38. The topological polar surface area (TPSA) is 129 Å². The second-order valence-corrected chi connectivity index (χ2v) is 6.93. The summed E-state index contributed by atoms with van der Waals surface area (Å²) in [6, 6.07) is 15.0. The molecule has 1 atom stereocenters. The molecule has 1 N–H and O–H groups in total. The summed E-state index contributed by atoms with van der Waals surface area (Å²) in [6.07, 6.45) is -1.32. The first-order valence-electron chi connectivity index (χ1n) is 9.71. The van der Waals surface area contributed by atoms with Crippen molar-refractivity contribution < 1.29 is 27.7 Å². The van der Waals surface area contributed by atoms with Gasteiger partial charge in [-0.2, -0.15) is 4.68 Å². The van der Waals surface area contributed by atoms with Crippen LogP contribution in [0.3, 0.4) is 0 Å². The van der Waals surface area contributed by atoms with E-state index in [-0.39, 0.29) is 11.7 Å². The highest BCUT2D eigenvalue weighted by atomic mass is 19.1. The van der Waals surface area contributed by atoms with Crippen molar-refractivity contribution in [2.24, 2.45) is 0 Å². The molecule has 168 valence electrons. The number of nitrogens with zero attached hydrogens (tertiary/aromatic N) is 3. The molecular formula is C22H17FN4O6. The minimum absolute atomic E-state index is 0.0912. The lowest BCUT2D eigenvalue weighted by molar-refractivity contribution is -0.155. The second-order valence-electron chi connectivity index (χ2n) is 6.93. The van der Waals surface area contributed by atoms with Crippen molar-refractivity contribution in [3.05, 3.63) is 88.4 Å². The Morgan fingerprint density at radius 3 is 2.55 bits per heavy atom. The van der Waals surface area contributed by atoms with Gasteiger partial charge in [-0.1, -0.05) is 35.5 Å². The molecule has 0 aliphatic carbocycles. The zero-order valence-corrected chi connectivity index (χ0v) is 17.2. The summed E-state index contributed by atoms with van der Waals surface area (Å²) < 4.78 is 29.2. The molecule has 0 fully saturated rings. The fourth-order valence-electron chi connectivity index (χ4n) is 2.92. The lowest BCUT2D eigenvalue weighted by Gasteiger charge is -2.17. The Hall–Kier alpha value is -4.54. The Labute approximate surface area is 185 Å². The van der Waals surface area contributed by atoms with Crippen LogP contribution >= 0.6 is 0 Å². The Morgan fingerprint density at radius 2 is 1.88 bits per heavy atom. The molecule has 0 aliphatic heterocycles. The van der Waals surface area contributed by atoms with Gasteiger partial charge in [0, 0.05) is 17.2 Å². The van der Waals surface area contributed by atoms with Gasteiger partial charge >= 0.3 is 11.7 Å². The molecule has 0 aliphatic rings. The van der Waals surface area contributed by atoms with E-state index in [2.05, 4.69) is 15.6 Å². The predicted molar refractivity (Wildman–Crippen MR) is 111 cm³/mol. The summed E-state index contributed by atoms with van der Waals surface area (Å²) in [5, 5.41) is 10.1. The summed E-state index contributed by atoms with van der Waals surface area (Å²) in [5.74, 6) is -2.39. The number of hydrogen-bond acceptors (Lipinski definition) is 8. The van der Waals surface area contributed by atoms with E-state index in [0.717, 1.165) is 4.68 Å². The van der Waals surface area contributed by atoms with Crippen LogP contribution < -0.4 is 11.1 Å². The van der Waals surface area contributed by atoms with E-state index in [4.69, 9.17) is 13.7 Å². The van der Waals surface area contributed by atoms with E-state index in [9.17, 15) is 18.8 Å². The van der Waals surface area contributed by atoms with E-state index in [0.29, 0.717) is 16.9 Å². The van der Waals surface area contributed by atoms with E-state index in [1.54, 1.807) is 37.3 Å². The third-order valence-electron chi connectivity index (χ3n) is 4.45. The van der Waals surface area contributed by atoms with Crippen molar-refractivity contribution >= 4 is 17.7 Å². The number of aromatic nitrogens is 3. The summed E-state index contributed by atoms with van der Waals surface area (Å²) in [5.41, 5.74) is 0.758. The fraction of sp³-hybridized carbons (Fsp3) is 0.136. The number of halogens is 1. The third-order valence-corrected chi connectivity index (χ3v) is 4.45. The first-order chi connectivity index (χ1) is 15.9. The molecule has 1 amide bonds. The zero-order valence-electron chi connectivity index (χ0n) is 17.2. The normalized spacial score (nSPS) is 11.7. The number of aryl methyl sites for hydroxylation is 1. The molecule has 0 radical (unpaired) electrons. The van der Waals surface area contributed by atoms with Crippen molar-refractivity contribution in [2.75, 3.05) is 5.32 Å². The number of anilines is 1. The Kier molecular flexibility index (Phi) is 6.11. The molecule has 4 aromatic rings. The molecule has 1 unspecified atom stereocenters. The number of benzene rings is 2. The number of ether oxygens (including phenoxy) is 1. The molecule has 11 heteroatoms. The first kappa shape index (κ1) is 21.7. The minimum Gasteiger partial charge on any atom is -0.446 e. The molecule has 10 nitrogen and oxygen atoms in total. The van der Waals surface area contributed by atoms with Gasteiger partial charge in [0.05, 0.1) is 0 Å². The Morgan fingerprint density at radius 1 is 1.15 bits per heavy atom. The van der Waals surface area contributed by atoms with Crippen molar-refractivity contribution in [2.45, 2.75) is 19.6 Å². The van der Waals surface area contributed by atoms with E-state index in [1.807, 2.05) is 0 Å². The molecule has 0 saturated heterocycles. The maximum Gasteiger partial charge on any atom is 0.437 e. The fourth-order valence-corrected chi connectivity index (χ4v) is 2.92. The molecule has 2 aromatic heterocycles. The minimum atomic E-state index is -1.32. The van der Waals surface area contributed by atoms with Crippen molar-refractivity contribution in [3.8, 4) is 11.5 Å².